The highest BCUT2D eigenvalue weighted by Gasteiger charge is 2.26. The van der Waals surface area contributed by atoms with Crippen molar-refractivity contribution in [3.8, 4) is 0 Å². The standard InChI is InChI=1S/C9H16F3NO/c1-2-4-7(13)8(14)5-3-6-9(10,11)12/h7H,2-6,13H2,1H3. The Kier molecular flexibility index (Phi) is 5.76. The second-order valence-electron chi connectivity index (χ2n) is 3.33. The van der Waals surface area contributed by atoms with Gasteiger partial charge in [-0.1, -0.05) is 13.3 Å². The van der Waals surface area contributed by atoms with Crippen LogP contribution in [0.4, 0.5) is 13.2 Å². The Morgan fingerprint density at radius 2 is 2.00 bits per heavy atom. The van der Waals surface area contributed by atoms with E-state index in [1.54, 1.807) is 0 Å². The Morgan fingerprint density at radius 3 is 2.43 bits per heavy atom. The summed E-state index contributed by atoms with van der Waals surface area (Å²) < 4.78 is 35.1. The lowest BCUT2D eigenvalue weighted by atomic mass is 10.0. The first kappa shape index (κ1) is 13.4. The molecule has 0 aliphatic rings. The minimum atomic E-state index is -4.17. The van der Waals surface area contributed by atoms with Gasteiger partial charge in [0, 0.05) is 12.8 Å². The monoisotopic (exact) mass is 211 g/mol. The van der Waals surface area contributed by atoms with Gasteiger partial charge in [0.2, 0.25) is 0 Å². The maximum atomic E-state index is 11.7. The third-order valence-corrected chi connectivity index (χ3v) is 1.90. The Morgan fingerprint density at radius 1 is 1.43 bits per heavy atom. The zero-order valence-corrected chi connectivity index (χ0v) is 8.23. The zero-order chi connectivity index (χ0) is 11.2. The van der Waals surface area contributed by atoms with Crippen LogP contribution in [0.15, 0.2) is 0 Å². The summed E-state index contributed by atoms with van der Waals surface area (Å²) in [6.45, 7) is 1.88. The average molecular weight is 211 g/mol. The van der Waals surface area contributed by atoms with Crippen molar-refractivity contribution in [1.29, 1.82) is 0 Å². The molecule has 0 amide bonds. The van der Waals surface area contributed by atoms with Gasteiger partial charge in [-0.25, -0.2) is 0 Å². The number of carbonyl (C=O) groups excluding carboxylic acids is 1. The van der Waals surface area contributed by atoms with E-state index in [1.165, 1.54) is 0 Å². The maximum absolute atomic E-state index is 11.7. The molecular formula is C9H16F3NO. The van der Waals surface area contributed by atoms with Crippen LogP contribution in [0.1, 0.15) is 39.0 Å². The highest BCUT2D eigenvalue weighted by molar-refractivity contribution is 5.83. The van der Waals surface area contributed by atoms with Gasteiger partial charge in [-0.2, -0.15) is 13.2 Å². The van der Waals surface area contributed by atoms with Gasteiger partial charge in [0.1, 0.15) is 5.78 Å². The second kappa shape index (κ2) is 6.01. The fourth-order valence-corrected chi connectivity index (χ4v) is 1.12. The van der Waals surface area contributed by atoms with Gasteiger partial charge >= 0.3 is 6.18 Å². The van der Waals surface area contributed by atoms with Crippen LogP contribution >= 0.6 is 0 Å². The van der Waals surface area contributed by atoms with Crippen LogP contribution in [-0.2, 0) is 4.79 Å². The first-order valence-electron chi connectivity index (χ1n) is 4.72. The SMILES string of the molecule is CCCC(N)C(=O)CCCC(F)(F)F. The molecule has 0 saturated carbocycles. The lowest BCUT2D eigenvalue weighted by Gasteiger charge is -2.09. The van der Waals surface area contributed by atoms with Crippen LogP contribution in [0.25, 0.3) is 0 Å². The summed E-state index contributed by atoms with van der Waals surface area (Å²) in [5.74, 6) is -0.267. The van der Waals surface area contributed by atoms with Gasteiger partial charge in [0.05, 0.1) is 6.04 Å². The van der Waals surface area contributed by atoms with Gasteiger partial charge in [0.25, 0.3) is 0 Å². The van der Waals surface area contributed by atoms with Crippen LogP contribution in [-0.4, -0.2) is 18.0 Å². The van der Waals surface area contributed by atoms with Gasteiger partial charge in [0.15, 0.2) is 0 Å². The van der Waals surface area contributed by atoms with Gasteiger partial charge in [-0.05, 0) is 12.8 Å². The number of alkyl halides is 3. The van der Waals surface area contributed by atoms with E-state index >= 15 is 0 Å². The van der Waals surface area contributed by atoms with Crippen LogP contribution in [0.5, 0.6) is 0 Å². The van der Waals surface area contributed by atoms with Crippen molar-refractivity contribution in [3.05, 3.63) is 0 Å². The summed E-state index contributed by atoms with van der Waals surface area (Å²) in [6.07, 6.45) is -3.98. The molecule has 5 heteroatoms. The van der Waals surface area contributed by atoms with E-state index in [1.807, 2.05) is 6.92 Å². The van der Waals surface area contributed by atoms with Crippen molar-refractivity contribution >= 4 is 5.78 Å². The number of Topliss-reactive ketones (excluding diaryl/α,β-unsaturated/α-hetero) is 1. The first-order chi connectivity index (χ1) is 6.37. The summed E-state index contributed by atoms with van der Waals surface area (Å²) in [6, 6.07) is -0.590. The van der Waals surface area contributed by atoms with E-state index in [0.717, 1.165) is 6.42 Å². The van der Waals surface area contributed by atoms with E-state index in [4.69, 9.17) is 5.73 Å². The van der Waals surface area contributed by atoms with Crippen molar-refractivity contribution in [2.45, 2.75) is 51.2 Å². The third-order valence-electron chi connectivity index (χ3n) is 1.90. The van der Waals surface area contributed by atoms with Crippen LogP contribution < -0.4 is 5.73 Å². The Bertz CT molecular complexity index is 179. The molecule has 14 heavy (non-hydrogen) atoms. The smallest absolute Gasteiger partial charge is 0.322 e. The Hall–Kier alpha value is -0.580. The van der Waals surface area contributed by atoms with E-state index in [2.05, 4.69) is 0 Å². The van der Waals surface area contributed by atoms with E-state index < -0.39 is 18.6 Å². The number of carbonyl (C=O) groups is 1. The minimum Gasteiger partial charge on any atom is -0.322 e. The molecule has 0 saturated heterocycles. The normalized spacial score (nSPS) is 14.1. The summed E-state index contributed by atoms with van der Waals surface area (Å²) in [5.41, 5.74) is 5.45. The van der Waals surface area contributed by atoms with Gasteiger partial charge < -0.3 is 5.73 Å². The van der Waals surface area contributed by atoms with Crippen LogP contribution in [0.2, 0.25) is 0 Å². The molecule has 2 N–H and O–H groups in total. The largest absolute Gasteiger partial charge is 0.389 e. The molecule has 0 radical (unpaired) electrons. The van der Waals surface area contributed by atoms with Crippen LogP contribution in [0.3, 0.4) is 0 Å². The van der Waals surface area contributed by atoms with E-state index in [9.17, 15) is 18.0 Å². The first-order valence-corrected chi connectivity index (χ1v) is 4.72. The summed E-state index contributed by atoms with van der Waals surface area (Å²) in [5, 5.41) is 0. The molecule has 84 valence electrons. The van der Waals surface area contributed by atoms with Crippen molar-refractivity contribution < 1.29 is 18.0 Å². The summed E-state index contributed by atoms with van der Waals surface area (Å²) in [4.78, 5) is 11.1. The number of nitrogens with two attached hydrogens (primary N) is 1. The number of hydrogen-bond acceptors (Lipinski definition) is 2. The second-order valence-corrected chi connectivity index (χ2v) is 3.33. The van der Waals surface area contributed by atoms with E-state index in [-0.39, 0.29) is 18.6 Å². The van der Waals surface area contributed by atoms with Crippen molar-refractivity contribution in [2.75, 3.05) is 0 Å². The molecule has 0 aromatic carbocycles. The molecule has 0 aliphatic carbocycles. The molecule has 0 rings (SSSR count). The molecule has 0 aromatic rings. The zero-order valence-electron chi connectivity index (χ0n) is 8.23. The molecule has 2 nitrogen and oxygen atoms in total. The highest BCUT2D eigenvalue weighted by atomic mass is 19.4. The average Bonchev–Trinajstić information content (AvgIpc) is 2.02. The fraction of sp³-hybridized carbons (Fsp3) is 0.889. The number of halogens is 3. The summed E-state index contributed by atoms with van der Waals surface area (Å²) >= 11 is 0. The molecule has 0 fully saturated rings. The van der Waals surface area contributed by atoms with E-state index in [0.29, 0.717) is 6.42 Å². The molecule has 1 atom stereocenters. The molecule has 0 aromatic heterocycles. The third kappa shape index (κ3) is 6.88. The van der Waals surface area contributed by atoms with Gasteiger partial charge in [-0.15, -0.1) is 0 Å². The predicted octanol–water partition coefficient (Wildman–Crippen LogP) is 2.42. The predicted molar refractivity (Wildman–Crippen MR) is 47.8 cm³/mol. The quantitative estimate of drug-likeness (QED) is 0.733. The molecule has 0 aliphatic heterocycles. The van der Waals surface area contributed by atoms with Crippen molar-refractivity contribution in [1.82, 2.24) is 0 Å². The summed E-state index contributed by atoms with van der Waals surface area (Å²) in [7, 11) is 0. The molecule has 1 unspecified atom stereocenters. The number of rotatable bonds is 6. The topological polar surface area (TPSA) is 43.1 Å². The van der Waals surface area contributed by atoms with Crippen molar-refractivity contribution in [2.24, 2.45) is 5.73 Å². The fourth-order valence-electron chi connectivity index (χ4n) is 1.12. The van der Waals surface area contributed by atoms with Crippen molar-refractivity contribution in [3.63, 3.8) is 0 Å². The molecule has 0 bridgehead atoms. The highest BCUT2D eigenvalue weighted by Crippen LogP contribution is 2.22. The molecule has 0 spiro atoms. The lowest BCUT2D eigenvalue weighted by molar-refractivity contribution is -0.137. The van der Waals surface area contributed by atoms with Gasteiger partial charge in [-0.3, -0.25) is 4.79 Å². The van der Waals surface area contributed by atoms with Crippen LogP contribution in [0, 0.1) is 0 Å². The molecular weight excluding hydrogens is 195 g/mol. The Labute approximate surface area is 81.7 Å². The Balaban J connectivity index is 3.64. The minimum absolute atomic E-state index is 0.0688. The molecule has 0 heterocycles. The lowest BCUT2D eigenvalue weighted by Crippen LogP contribution is -2.30. The number of hydrogen-bond donors (Lipinski definition) is 1. The maximum Gasteiger partial charge on any atom is 0.389 e. The number of ketones is 1.